The summed E-state index contributed by atoms with van der Waals surface area (Å²) >= 11 is 0. The van der Waals surface area contributed by atoms with Crippen LogP contribution in [-0.4, -0.2) is 40.8 Å². The van der Waals surface area contributed by atoms with E-state index >= 15 is 0 Å². The standard InChI is InChI=1S/C22H25F3N4O2/c1-14-7-8-16(10-15(14)2)18-11-17(28-19(12-26)29-18)6-5-9-27-21(3,4)13-31-20(30)22(23,24)25/h7-8,10-11,27H,5-6,9,13H2,1-4H3. The van der Waals surface area contributed by atoms with Gasteiger partial charge in [0.2, 0.25) is 5.82 Å². The number of alkyl halides is 3. The Kier molecular flexibility index (Phi) is 7.74. The van der Waals surface area contributed by atoms with Crippen LogP contribution in [-0.2, 0) is 16.0 Å². The van der Waals surface area contributed by atoms with Crippen molar-refractivity contribution in [3.63, 3.8) is 0 Å². The van der Waals surface area contributed by atoms with Crippen molar-refractivity contribution < 1.29 is 22.7 Å². The van der Waals surface area contributed by atoms with Crippen molar-refractivity contribution in [2.24, 2.45) is 0 Å². The van der Waals surface area contributed by atoms with E-state index in [4.69, 9.17) is 0 Å². The lowest BCUT2D eigenvalue weighted by molar-refractivity contribution is -0.201. The van der Waals surface area contributed by atoms with Crippen molar-refractivity contribution >= 4 is 5.97 Å². The predicted molar refractivity (Wildman–Crippen MR) is 109 cm³/mol. The maximum Gasteiger partial charge on any atom is 0.490 e. The number of aryl methyl sites for hydroxylation is 3. The molecule has 0 unspecified atom stereocenters. The van der Waals surface area contributed by atoms with Crippen LogP contribution in [0.5, 0.6) is 0 Å². The number of carbonyl (C=O) groups is 1. The molecule has 0 spiro atoms. The normalized spacial score (nSPS) is 11.8. The van der Waals surface area contributed by atoms with Gasteiger partial charge in [0, 0.05) is 16.8 Å². The Labute approximate surface area is 179 Å². The quantitative estimate of drug-likeness (QED) is 0.498. The fourth-order valence-corrected chi connectivity index (χ4v) is 2.80. The van der Waals surface area contributed by atoms with Crippen LogP contribution >= 0.6 is 0 Å². The zero-order chi connectivity index (χ0) is 23.2. The summed E-state index contributed by atoms with van der Waals surface area (Å²) in [4.78, 5) is 19.4. The van der Waals surface area contributed by atoms with Gasteiger partial charge in [-0.15, -0.1) is 0 Å². The van der Waals surface area contributed by atoms with Gasteiger partial charge in [-0.3, -0.25) is 0 Å². The summed E-state index contributed by atoms with van der Waals surface area (Å²) in [6, 6.07) is 9.77. The molecular formula is C22H25F3N4O2. The second-order valence-corrected chi connectivity index (χ2v) is 7.97. The Morgan fingerprint density at radius 3 is 2.48 bits per heavy atom. The number of aromatic nitrogens is 2. The Morgan fingerprint density at radius 1 is 1.16 bits per heavy atom. The molecule has 0 saturated heterocycles. The molecule has 2 rings (SSSR count). The van der Waals surface area contributed by atoms with E-state index in [0.29, 0.717) is 30.8 Å². The number of nitrogens with one attached hydrogen (secondary N) is 1. The van der Waals surface area contributed by atoms with E-state index in [1.54, 1.807) is 13.8 Å². The molecule has 0 aliphatic carbocycles. The molecule has 1 N–H and O–H groups in total. The zero-order valence-electron chi connectivity index (χ0n) is 17.9. The molecule has 0 fully saturated rings. The lowest BCUT2D eigenvalue weighted by Gasteiger charge is -2.26. The number of nitriles is 1. The van der Waals surface area contributed by atoms with E-state index < -0.39 is 24.3 Å². The first-order chi connectivity index (χ1) is 14.4. The minimum atomic E-state index is -5.00. The molecule has 1 aromatic heterocycles. The zero-order valence-corrected chi connectivity index (χ0v) is 17.9. The number of rotatable bonds is 8. The van der Waals surface area contributed by atoms with Crippen molar-refractivity contribution in [1.82, 2.24) is 15.3 Å². The summed E-state index contributed by atoms with van der Waals surface area (Å²) in [7, 11) is 0. The highest BCUT2D eigenvalue weighted by atomic mass is 19.4. The smallest absolute Gasteiger partial charge is 0.457 e. The van der Waals surface area contributed by atoms with E-state index in [2.05, 4.69) is 20.0 Å². The Bertz CT molecular complexity index is 982. The average Bonchev–Trinajstić information content (AvgIpc) is 2.70. The first-order valence-corrected chi connectivity index (χ1v) is 9.76. The number of carbonyl (C=O) groups excluding carboxylic acids is 1. The van der Waals surface area contributed by atoms with Gasteiger partial charge in [0.05, 0.1) is 5.69 Å². The number of esters is 1. The highest BCUT2D eigenvalue weighted by Gasteiger charge is 2.41. The van der Waals surface area contributed by atoms with Gasteiger partial charge in [-0.25, -0.2) is 14.8 Å². The minimum Gasteiger partial charge on any atom is -0.457 e. The second-order valence-electron chi connectivity index (χ2n) is 7.97. The maximum absolute atomic E-state index is 12.2. The molecular weight excluding hydrogens is 409 g/mol. The molecule has 0 atom stereocenters. The highest BCUT2D eigenvalue weighted by Crippen LogP contribution is 2.22. The van der Waals surface area contributed by atoms with Gasteiger partial charge >= 0.3 is 12.1 Å². The number of halogens is 3. The Hall–Kier alpha value is -2.99. The van der Waals surface area contributed by atoms with Crippen molar-refractivity contribution in [2.45, 2.75) is 52.3 Å². The number of hydrogen-bond acceptors (Lipinski definition) is 6. The Morgan fingerprint density at radius 2 is 1.87 bits per heavy atom. The topological polar surface area (TPSA) is 87.9 Å². The molecule has 1 heterocycles. The lowest BCUT2D eigenvalue weighted by atomic mass is 10.0. The Balaban J connectivity index is 1.97. The van der Waals surface area contributed by atoms with Gasteiger partial charge in [-0.05, 0) is 70.3 Å². The van der Waals surface area contributed by atoms with Crippen LogP contribution in [0.1, 0.15) is 42.9 Å². The summed E-state index contributed by atoms with van der Waals surface area (Å²) in [6.07, 6.45) is -3.85. The molecule has 0 radical (unpaired) electrons. The van der Waals surface area contributed by atoms with E-state index in [1.165, 1.54) is 0 Å². The summed E-state index contributed by atoms with van der Waals surface area (Å²) in [5, 5.41) is 12.3. The van der Waals surface area contributed by atoms with E-state index in [9.17, 15) is 23.2 Å². The van der Waals surface area contributed by atoms with Crippen LogP contribution in [0, 0.1) is 25.2 Å². The average molecular weight is 434 g/mol. The third kappa shape index (κ3) is 7.33. The van der Waals surface area contributed by atoms with Crippen molar-refractivity contribution in [3.05, 3.63) is 46.9 Å². The van der Waals surface area contributed by atoms with Crippen molar-refractivity contribution in [3.8, 4) is 17.3 Å². The lowest BCUT2D eigenvalue weighted by Crippen LogP contribution is -2.45. The van der Waals surface area contributed by atoms with Crippen LogP contribution in [0.25, 0.3) is 11.3 Å². The van der Waals surface area contributed by atoms with Crippen LogP contribution in [0.15, 0.2) is 24.3 Å². The minimum absolute atomic E-state index is 0.0816. The fourth-order valence-electron chi connectivity index (χ4n) is 2.80. The second kappa shape index (κ2) is 9.88. The van der Waals surface area contributed by atoms with Gasteiger partial charge in [-0.2, -0.15) is 18.4 Å². The summed E-state index contributed by atoms with van der Waals surface area (Å²) in [5.74, 6) is -2.12. The number of ether oxygens (including phenoxy) is 1. The third-order valence-electron chi connectivity index (χ3n) is 4.69. The summed E-state index contributed by atoms with van der Waals surface area (Å²) in [6.45, 7) is 7.37. The molecule has 0 aliphatic rings. The maximum atomic E-state index is 12.2. The molecule has 0 aliphatic heterocycles. The van der Waals surface area contributed by atoms with E-state index in [1.807, 2.05) is 44.2 Å². The highest BCUT2D eigenvalue weighted by molar-refractivity contribution is 5.75. The molecule has 0 amide bonds. The molecule has 31 heavy (non-hydrogen) atoms. The molecule has 1 aromatic carbocycles. The number of benzene rings is 1. The molecule has 166 valence electrons. The number of nitrogens with zero attached hydrogens (tertiary/aromatic N) is 3. The SMILES string of the molecule is Cc1ccc(-c2cc(CCCNC(C)(C)COC(=O)C(F)(F)F)nc(C#N)n2)cc1C. The number of hydrogen-bond donors (Lipinski definition) is 1. The van der Waals surface area contributed by atoms with Gasteiger partial charge in [0.25, 0.3) is 0 Å². The van der Waals surface area contributed by atoms with Crippen molar-refractivity contribution in [2.75, 3.05) is 13.2 Å². The molecule has 6 nitrogen and oxygen atoms in total. The van der Waals surface area contributed by atoms with Crippen LogP contribution in [0.2, 0.25) is 0 Å². The van der Waals surface area contributed by atoms with E-state index in [-0.39, 0.29) is 5.82 Å². The van der Waals surface area contributed by atoms with E-state index in [0.717, 1.165) is 16.7 Å². The van der Waals surface area contributed by atoms with Gasteiger partial charge < -0.3 is 10.1 Å². The summed E-state index contributed by atoms with van der Waals surface area (Å²) in [5.41, 5.74) is 3.71. The molecule has 0 bridgehead atoms. The molecule has 9 heteroatoms. The van der Waals surface area contributed by atoms with Gasteiger partial charge in [-0.1, -0.05) is 12.1 Å². The largest absolute Gasteiger partial charge is 0.490 e. The third-order valence-corrected chi connectivity index (χ3v) is 4.69. The fraction of sp³-hybridized carbons (Fsp3) is 0.455. The van der Waals surface area contributed by atoms with Crippen LogP contribution in [0.3, 0.4) is 0 Å². The molecule has 2 aromatic rings. The van der Waals surface area contributed by atoms with Crippen LogP contribution < -0.4 is 5.32 Å². The molecule has 0 saturated carbocycles. The first kappa shape index (κ1) is 24.3. The summed E-state index contributed by atoms with van der Waals surface area (Å²) < 4.78 is 41.1. The van der Waals surface area contributed by atoms with Crippen molar-refractivity contribution in [1.29, 1.82) is 5.26 Å². The monoisotopic (exact) mass is 434 g/mol. The van der Waals surface area contributed by atoms with Gasteiger partial charge in [0.15, 0.2) is 0 Å². The first-order valence-electron chi connectivity index (χ1n) is 9.76. The van der Waals surface area contributed by atoms with Crippen LogP contribution in [0.4, 0.5) is 13.2 Å². The van der Waals surface area contributed by atoms with Gasteiger partial charge in [0.1, 0.15) is 12.7 Å². The predicted octanol–water partition coefficient (Wildman–Crippen LogP) is 4.04.